The van der Waals surface area contributed by atoms with Gasteiger partial charge in [0, 0.05) is 5.56 Å². The summed E-state index contributed by atoms with van der Waals surface area (Å²) in [6, 6.07) is 2.44. The van der Waals surface area contributed by atoms with Gasteiger partial charge >= 0.3 is 0 Å². The van der Waals surface area contributed by atoms with E-state index in [4.69, 9.17) is 10.3 Å². The minimum Gasteiger partial charge on any atom is -0.225 e. The highest BCUT2D eigenvalue weighted by molar-refractivity contribution is 7.92. The summed E-state index contributed by atoms with van der Waals surface area (Å²) in [5.41, 5.74) is 0.343. The highest BCUT2D eigenvalue weighted by Crippen LogP contribution is 2.32. The van der Waals surface area contributed by atoms with Crippen molar-refractivity contribution in [3.05, 3.63) is 17.7 Å². The van der Waals surface area contributed by atoms with Crippen LogP contribution in [-0.2, 0) is 20.0 Å². The van der Waals surface area contributed by atoms with E-state index in [-0.39, 0.29) is 11.4 Å². The van der Waals surface area contributed by atoms with Crippen LogP contribution in [0.2, 0.25) is 0 Å². The zero-order chi connectivity index (χ0) is 15.1. The molecule has 0 aliphatic heterocycles. The third kappa shape index (κ3) is 2.53. The van der Waals surface area contributed by atoms with Gasteiger partial charge in [0.2, 0.25) is 25.9 Å². The molecule has 0 fully saturated rings. The molecule has 0 unspecified atom stereocenters. The Morgan fingerprint density at radius 1 is 1.10 bits per heavy atom. The van der Waals surface area contributed by atoms with Gasteiger partial charge in [0.25, 0.3) is 0 Å². The molecule has 0 bridgehead atoms. The van der Waals surface area contributed by atoms with Crippen molar-refractivity contribution in [3.8, 4) is 11.4 Å². The van der Waals surface area contributed by atoms with Crippen LogP contribution in [0.25, 0.3) is 11.4 Å². The number of benzene rings is 1. The lowest BCUT2D eigenvalue weighted by atomic mass is 10.1. The van der Waals surface area contributed by atoms with Gasteiger partial charge < -0.3 is 0 Å². The van der Waals surface area contributed by atoms with Crippen LogP contribution >= 0.6 is 0 Å². The van der Waals surface area contributed by atoms with Gasteiger partial charge in [-0.15, -0.1) is 10.2 Å². The van der Waals surface area contributed by atoms with Crippen molar-refractivity contribution in [2.45, 2.75) is 16.7 Å². The number of primary sulfonamides is 2. The van der Waals surface area contributed by atoms with Crippen LogP contribution in [0.15, 0.2) is 21.9 Å². The van der Waals surface area contributed by atoms with Crippen molar-refractivity contribution in [1.82, 2.24) is 20.6 Å². The second-order valence-electron chi connectivity index (χ2n) is 3.91. The normalized spacial score (nSPS) is 12.6. The molecule has 2 aromatic rings. The van der Waals surface area contributed by atoms with E-state index in [1.807, 2.05) is 0 Å². The van der Waals surface area contributed by atoms with Gasteiger partial charge in [-0.25, -0.2) is 27.1 Å². The number of aromatic amines is 1. The van der Waals surface area contributed by atoms with Crippen LogP contribution < -0.4 is 10.3 Å². The monoisotopic (exact) mass is 318 g/mol. The average molecular weight is 318 g/mol. The number of hydrogen-bond acceptors (Lipinski definition) is 7. The van der Waals surface area contributed by atoms with Crippen LogP contribution in [0.3, 0.4) is 0 Å². The summed E-state index contributed by atoms with van der Waals surface area (Å²) >= 11 is 0. The smallest absolute Gasteiger partial charge is 0.225 e. The molecule has 5 N–H and O–H groups in total. The molecule has 2 rings (SSSR count). The zero-order valence-corrected chi connectivity index (χ0v) is 11.7. The van der Waals surface area contributed by atoms with E-state index < -0.39 is 29.8 Å². The summed E-state index contributed by atoms with van der Waals surface area (Å²) in [7, 11) is -8.67. The Labute approximate surface area is 114 Å². The second kappa shape index (κ2) is 4.59. The summed E-state index contributed by atoms with van der Waals surface area (Å²) in [4.78, 5) is -1.27. The van der Waals surface area contributed by atoms with Gasteiger partial charge in [0.15, 0.2) is 0 Å². The first kappa shape index (κ1) is 14.5. The van der Waals surface area contributed by atoms with Crippen molar-refractivity contribution < 1.29 is 16.8 Å². The fourth-order valence-electron chi connectivity index (χ4n) is 1.71. The molecule has 0 radical (unpaired) electrons. The maximum absolute atomic E-state index is 11.7. The molecular formula is C8H10N6O4S2. The first-order valence-electron chi connectivity index (χ1n) is 5.05. The maximum atomic E-state index is 11.7. The lowest BCUT2D eigenvalue weighted by Gasteiger charge is -2.12. The molecule has 0 aliphatic rings. The number of tetrazole rings is 1. The first-order valence-corrected chi connectivity index (χ1v) is 8.14. The molecule has 1 aromatic heterocycles. The summed E-state index contributed by atoms with van der Waals surface area (Å²) in [6.07, 6.45) is 0. The van der Waals surface area contributed by atoms with E-state index >= 15 is 0 Å². The molecule has 0 aliphatic carbocycles. The van der Waals surface area contributed by atoms with Crippen molar-refractivity contribution >= 4 is 20.0 Å². The van der Waals surface area contributed by atoms with Crippen molar-refractivity contribution in [2.24, 2.45) is 10.3 Å². The molecular weight excluding hydrogens is 308 g/mol. The summed E-state index contributed by atoms with van der Waals surface area (Å²) in [6.45, 7) is 1.55. The minimum atomic E-state index is -4.38. The van der Waals surface area contributed by atoms with Gasteiger partial charge in [-0.1, -0.05) is 6.07 Å². The van der Waals surface area contributed by atoms with Crippen LogP contribution in [0.4, 0.5) is 0 Å². The number of sulfonamides is 2. The second-order valence-corrected chi connectivity index (χ2v) is 6.94. The average Bonchev–Trinajstić information content (AvgIpc) is 2.78. The number of nitrogens with one attached hydrogen (secondary N) is 1. The minimum absolute atomic E-state index is 0.0622. The molecule has 1 heterocycles. The lowest BCUT2D eigenvalue weighted by Crippen LogP contribution is -2.22. The van der Waals surface area contributed by atoms with Crippen molar-refractivity contribution in [2.75, 3.05) is 0 Å². The molecule has 10 nitrogen and oxygen atoms in total. The molecule has 12 heteroatoms. The van der Waals surface area contributed by atoms with E-state index in [1.54, 1.807) is 6.92 Å². The predicted molar refractivity (Wildman–Crippen MR) is 67.1 cm³/mol. The van der Waals surface area contributed by atoms with Gasteiger partial charge in [-0.05, 0) is 23.8 Å². The third-order valence-electron chi connectivity index (χ3n) is 2.49. The SMILES string of the molecule is Cc1ccc(S(N)(=O)=O)c(S(N)(=O)=O)c1-c1nn[nH]n1. The number of aromatic nitrogens is 4. The van der Waals surface area contributed by atoms with Crippen LogP contribution in [0.5, 0.6) is 0 Å². The number of aryl methyl sites for hydroxylation is 1. The Morgan fingerprint density at radius 3 is 2.20 bits per heavy atom. The number of H-pyrrole nitrogens is 1. The largest absolute Gasteiger partial charge is 0.240 e. The molecule has 1 aromatic carbocycles. The quantitative estimate of drug-likeness (QED) is 0.614. The standard InChI is InChI=1S/C8H10N6O4S2/c1-4-2-3-5(19(9,15)16)7(20(10,17)18)6(4)8-11-13-14-12-8/h2-3H,1H3,(H2,9,15,16)(H2,10,17,18)(H,11,12,13,14). The summed E-state index contributed by atoms with van der Waals surface area (Å²) < 4.78 is 46.5. The molecule has 20 heavy (non-hydrogen) atoms. The van der Waals surface area contributed by atoms with Crippen LogP contribution in [0.1, 0.15) is 5.56 Å². The van der Waals surface area contributed by atoms with Gasteiger partial charge in [0.1, 0.15) is 9.79 Å². The Bertz CT molecular complexity index is 857. The van der Waals surface area contributed by atoms with E-state index in [0.717, 1.165) is 6.07 Å². The topological polar surface area (TPSA) is 175 Å². The molecule has 0 saturated heterocycles. The Balaban J connectivity index is 3.01. The number of hydrogen-bond donors (Lipinski definition) is 3. The number of rotatable bonds is 3. The van der Waals surface area contributed by atoms with Crippen LogP contribution in [0, 0.1) is 6.92 Å². The van der Waals surface area contributed by atoms with Crippen molar-refractivity contribution in [3.63, 3.8) is 0 Å². The van der Waals surface area contributed by atoms with Gasteiger partial charge in [0.05, 0.1) is 0 Å². The third-order valence-corrected chi connectivity index (χ3v) is 4.57. The van der Waals surface area contributed by atoms with E-state index in [9.17, 15) is 16.8 Å². The molecule has 0 saturated carbocycles. The zero-order valence-electron chi connectivity index (χ0n) is 10.1. The molecule has 108 valence electrons. The molecule has 0 spiro atoms. The van der Waals surface area contributed by atoms with Crippen LogP contribution in [-0.4, -0.2) is 37.5 Å². The fraction of sp³-hybridized carbons (Fsp3) is 0.125. The Hall–Kier alpha value is -1.89. The first-order chi connectivity index (χ1) is 9.12. The van der Waals surface area contributed by atoms with Gasteiger partial charge in [-0.2, -0.15) is 5.21 Å². The number of nitrogens with two attached hydrogens (primary N) is 2. The predicted octanol–water partition coefficient (Wildman–Crippen LogP) is -1.53. The fourth-order valence-corrected chi connectivity index (χ4v) is 3.91. The van der Waals surface area contributed by atoms with E-state index in [2.05, 4.69) is 20.6 Å². The maximum Gasteiger partial charge on any atom is 0.240 e. The highest BCUT2D eigenvalue weighted by atomic mass is 32.2. The van der Waals surface area contributed by atoms with E-state index in [1.165, 1.54) is 6.07 Å². The highest BCUT2D eigenvalue weighted by Gasteiger charge is 2.28. The number of nitrogens with zero attached hydrogens (tertiary/aromatic N) is 3. The molecule has 0 amide bonds. The Morgan fingerprint density at radius 2 is 1.75 bits per heavy atom. The van der Waals surface area contributed by atoms with Crippen molar-refractivity contribution in [1.29, 1.82) is 0 Å². The summed E-state index contributed by atoms with van der Waals surface area (Å²) in [5, 5.41) is 22.8. The van der Waals surface area contributed by atoms with Gasteiger partial charge in [-0.3, -0.25) is 0 Å². The Kier molecular flexibility index (Phi) is 3.33. The summed E-state index contributed by atoms with van der Waals surface area (Å²) in [5.74, 6) is -0.1000. The molecule has 0 atom stereocenters. The van der Waals surface area contributed by atoms with E-state index in [0.29, 0.717) is 5.56 Å². The lowest BCUT2D eigenvalue weighted by molar-refractivity contribution is 0.584.